The molecule has 0 aliphatic heterocycles. The Hall–Kier alpha value is -2.09. The molecular weight excluding hydrogens is 210 g/mol. The van der Waals surface area contributed by atoms with Gasteiger partial charge in [0, 0.05) is 16.3 Å². The van der Waals surface area contributed by atoms with Crippen LogP contribution >= 0.6 is 0 Å². The van der Waals surface area contributed by atoms with Crippen LogP contribution in [0.2, 0.25) is 0 Å². The highest BCUT2D eigenvalue weighted by Crippen LogP contribution is 2.20. The first kappa shape index (κ1) is 10.1. The van der Waals surface area contributed by atoms with Crippen molar-refractivity contribution in [3.63, 3.8) is 0 Å². The Morgan fingerprint density at radius 3 is 2.47 bits per heavy atom. The summed E-state index contributed by atoms with van der Waals surface area (Å²) >= 11 is 0. The van der Waals surface area contributed by atoms with Gasteiger partial charge in [-0.25, -0.2) is 0 Å². The zero-order chi connectivity index (χ0) is 12.0. The largest absolute Gasteiger partial charge is 0.354 e. The Morgan fingerprint density at radius 2 is 1.65 bits per heavy atom. The maximum absolute atomic E-state index is 12.4. The van der Waals surface area contributed by atoms with Crippen molar-refractivity contribution in [2.45, 2.75) is 13.8 Å². The Balaban J connectivity index is 2.69. The standard InChI is InChI=1S/C15H13NO/c1-9-7-8-10(2)14-13(9)15(17)11-5-3-4-6-12(11)16-14/h3-8H,1-2H3,(H,16,17). The first-order valence-corrected chi connectivity index (χ1v) is 5.69. The minimum atomic E-state index is 0.121. The number of hydrogen-bond donors (Lipinski definition) is 1. The van der Waals surface area contributed by atoms with E-state index in [-0.39, 0.29) is 5.43 Å². The molecule has 3 aromatic rings. The summed E-state index contributed by atoms with van der Waals surface area (Å²) in [6, 6.07) is 11.7. The first-order chi connectivity index (χ1) is 8.18. The van der Waals surface area contributed by atoms with Crippen LogP contribution in [0.25, 0.3) is 21.8 Å². The van der Waals surface area contributed by atoms with E-state index in [1.165, 1.54) is 0 Å². The first-order valence-electron chi connectivity index (χ1n) is 5.69. The minimum Gasteiger partial charge on any atom is -0.354 e. The summed E-state index contributed by atoms with van der Waals surface area (Å²) in [5.41, 5.74) is 4.11. The third-order valence-electron chi connectivity index (χ3n) is 3.28. The summed E-state index contributed by atoms with van der Waals surface area (Å²) in [4.78, 5) is 15.8. The van der Waals surface area contributed by atoms with Gasteiger partial charge in [0.05, 0.1) is 5.52 Å². The van der Waals surface area contributed by atoms with E-state index in [4.69, 9.17) is 0 Å². The van der Waals surface area contributed by atoms with Gasteiger partial charge in [0.2, 0.25) is 0 Å². The van der Waals surface area contributed by atoms with Gasteiger partial charge in [0.1, 0.15) is 0 Å². The van der Waals surface area contributed by atoms with Crippen LogP contribution in [0.4, 0.5) is 0 Å². The minimum absolute atomic E-state index is 0.121. The molecule has 0 radical (unpaired) electrons. The van der Waals surface area contributed by atoms with Gasteiger partial charge in [-0.2, -0.15) is 0 Å². The average Bonchev–Trinajstić information content (AvgIpc) is 2.34. The number of nitrogens with one attached hydrogen (secondary N) is 1. The van der Waals surface area contributed by atoms with E-state index >= 15 is 0 Å². The average molecular weight is 223 g/mol. The molecule has 1 heterocycles. The second kappa shape index (κ2) is 3.45. The van der Waals surface area contributed by atoms with Crippen LogP contribution in [0.3, 0.4) is 0 Å². The highest BCUT2D eigenvalue weighted by molar-refractivity contribution is 5.95. The van der Waals surface area contributed by atoms with Crippen LogP contribution in [0.15, 0.2) is 41.2 Å². The SMILES string of the molecule is Cc1ccc(C)c2c(=O)c3ccccc3[nH]c12. The maximum Gasteiger partial charge on any atom is 0.197 e. The molecule has 0 atom stereocenters. The highest BCUT2D eigenvalue weighted by Gasteiger charge is 2.08. The molecule has 0 amide bonds. The molecule has 2 aromatic carbocycles. The number of H-pyrrole nitrogens is 1. The lowest BCUT2D eigenvalue weighted by Crippen LogP contribution is -2.06. The molecule has 0 fully saturated rings. The number of aryl methyl sites for hydroxylation is 2. The summed E-state index contributed by atoms with van der Waals surface area (Å²) in [6.45, 7) is 4.00. The number of aromatic amines is 1. The van der Waals surface area contributed by atoms with Crippen molar-refractivity contribution < 1.29 is 0 Å². The molecule has 2 nitrogen and oxygen atoms in total. The lowest BCUT2D eigenvalue weighted by atomic mass is 10.0. The molecule has 0 saturated heterocycles. The summed E-state index contributed by atoms with van der Waals surface area (Å²) in [5, 5.41) is 1.57. The van der Waals surface area contributed by atoms with Crippen molar-refractivity contribution in [2.75, 3.05) is 0 Å². The molecule has 0 unspecified atom stereocenters. The van der Waals surface area contributed by atoms with Crippen molar-refractivity contribution in [1.82, 2.24) is 4.98 Å². The molecule has 2 heteroatoms. The van der Waals surface area contributed by atoms with Crippen LogP contribution in [0, 0.1) is 13.8 Å². The quantitative estimate of drug-likeness (QED) is 0.583. The van der Waals surface area contributed by atoms with Crippen LogP contribution in [-0.2, 0) is 0 Å². The van der Waals surface area contributed by atoms with Crippen molar-refractivity contribution >= 4 is 21.8 Å². The smallest absolute Gasteiger partial charge is 0.197 e. The fourth-order valence-electron chi connectivity index (χ4n) is 2.32. The molecule has 0 saturated carbocycles. The van der Waals surface area contributed by atoms with Crippen LogP contribution in [0.1, 0.15) is 11.1 Å². The van der Waals surface area contributed by atoms with E-state index in [1.807, 2.05) is 50.2 Å². The van der Waals surface area contributed by atoms with Gasteiger partial charge >= 0.3 is 0 Å². The molecule has 0 spiro atoms. The van der Waals surface area contributed by atoms with Gasteiger partial charge in [0.25, 0.3) is 0 Å². The summed E-state index contributed by atoms with van der Waals surface area (Å²) < 4.78 is 0. The third-order valence-corrected chi connectivity index (χ3v) is 3.28. The number of fused-ring (bicyclic) bond motifs is 2. The molecule has 1 aromatic heterocycles. The van der Waals surface area contributed by atoms with Crippen molar-refractivity contribution in [1.29, 1.82) is 0 Å². The fourth-order valence-corrected chi connectivity index (χ4v) is 2.32. The second-order valence-electron chi connectivity index (χ2n) is 4.45. The van der Waals surface area contributed by atoms with Gasteiger partial charge in [-0.15, -0.1) is 0 Å². The zero-order valence-electron chi connectivity index (χ0n) is 9.87. The summed E-state index contributed by atoms with van der Waals surface area (Å²) in [7, 11) is 0. The number of benzene rings is 2. The van der Waals surface area contributed by atoms with E-state index < -0.39 is 0 Å². The number of pyridine rings is 1. The zero-order valence-corrected chi connectivity index (χ0v) is 9.87. The number of rotatable bonds is 0. The Labute approximate surface area is 98.9 Å². The Bertz CT molecular complexity index is 784. The lowest BCUT2D eigenvalue weighted by molar-refractivity contribution is 1.38. The fraction of sp³-hybridized carbons (Fsp3) is 0.133. The Kier molecular flexibility index (Phi) is 2.05. The summed E-state index contributed by atoms with van der Waals surface area (Å²) in [5.74, 6) is 0. The molecule has 0 aliphatic carbocycles. The molecule has 0 aliphatic rings. The van der Waals surface area contributed by atoms with Crippen LogP contribution in [-0.4, -0.2) is 4.98 Å². The number of para-hydroxylation sites is 1. The van der Waals surface area contributed by atoms with Gasteiger partial charge in [0.15, 0.2) is 5.43 Å². The van der Waals surface area contributed by atoms with E-state index in [1.54, 1.807) is 0 Å². The van der Waals surface area contributed by atoms with Gasteiger partial charge in [-0.05, 0) is 37.1 Å². The monoisotopic (exact) mass is 223 g/mol. The molecule has 3 rings (SSSR count). The summed E-state index contributed by atoms with van der Waals surface area (Å²) in [6.07, 6.45) is 0. The molecule has 1 N–H and O–H groups in total. The highest BCUT2D eigenvalue weighted by atomic mass is 16.1. The van der Waals surface area contributed by atoms with Gasteiger partial charge < -0.3 is 4.98 Å². The number of aromatic nitrogens is 1. The van der Waals surface area contributed by atoms with Gasteiger partial charge in [-0.3, -0.25) is 4.79 Å². The number of hydrogen-bond acceptors (Lipinski definition) is 1. The lowest BCUT2D eigenvalue weighted by Gasteiger charge is -2.07. The van der Waals surface area contributed by atoms with Crippen molar-refractivity contribution in [3.8, 4) is 0 Å². The third kappa shape index (κ3) is 1.37. The van der Waals surface area contributed by atoms with E-state index in [2.05, 4.69) is 4.98 Å². The Morgan fingerprint density at radius 1 is 0.941 bits per heavy atom. The molecule has 17 heavy (non-hydrogen) atoms. The molecular formula is C15H13NO. The van der Waals surface area contributed by atoms with Crippen LogP contribution < -0.4 is 5.43 Å². The normalized spacial score (nSPS) is 11.2. The van der Waals surface area contributed by atoms with Gasteiger partial charge in [-0.1, -0.05) is 24.3 Å². The van der Waals surface area contributed by atoms with E-state index in [0.29, 0.717) is 0 Å². The van der Waals surface area contributed by atoms with Crippen molar-refractivity contribution in [3.05, 3.63) is 57.7 Å². The van der Waals surface area contributed by atoms with Crippen LogP contribution in [0.5, 0.6) is 0 Å². The maximum atomic E-state index is 12.4. The predicted octanol–water partition coefficient (Wildman–Crippen LogP) is 3.30. The van der Waals surface area contributed by atoms with E-state index in [0.717, 1.165) is 32.9 Å². The topological polar surface area (TPSA) is 32.9 Å². The molecule has 84 valence electrons. The van der Waals surface area contributed by atoms with Crippen molar-refractivity contribution in [2.24, 2.45) is 0 Å². The predicted molar refractivity (Wildman–Crippen MR) is 71.5 cm³/mol. The second-order valence-corrected chi connectivity index (χ2v) is 4.45. The van der Waals surface area contributed by atoms with E-state index in [9.17, 15) is 4.79 Å². The molecule has 0 bridgehead atoms.